The SMILES string of the molecule is CC1(C)CCCC2(C)C3=C(CCC12)CC1(O)C(=O)C(CO)=CC(=O)C1C3. The molecule has 0 aromatic heterocycles. The molecule has 0 aromatic carbocycles. The third-order valence-electron chi connectivity index (χ3n) is 8.06. The van der Waals surface area contributed by atoms with Gasteiger partial charge in [0.15, 0.2) is 11.6 Å². The molecule has 4 heteroatoms. The summed E-state index contributed by atoms with van der Waals surface area (Å²) in [7, 11) is 0. The highest BCUT2D eigenvalue weighted by Gasteiger charge is 2.58. The van der Waals surface area contributed by atoms with Gasteiger partial charge in [0.2, 0.25) is 0 Å². The summed E-state index contributed by atoms with van der Waals surface area (Å²) in [6, 6.07) is 0. The van der Waals surface area contributed by atoms with Gasteiger partial charge in [0.1, 0.15) is 5.60 Å². The number of Topliss-reactive ketones (excluding diaryl/α,β-unsaturated/α-hetero) is 1. The van der Waals surface area contributed by atoms with Crippen LogP contribution in [-0.4, -0.2) is 34.0 Å². The van der Waals surface area contributed by atoms with Crippen molar-refractivity contribution in [2.75, 3.05) is 6.61 Å². The number of allylic oxidation sites excluding steroid dienone is 2. The monoisotopic (exact) mass is 358 g/mol. The molecule has 0 amide bonds. The molecule has 0 aromatic rings. The van der Waals surface area contributed by atoms with Gasteiger partial charge < -0.3 is 10.2 Å². The van der Waals surface area contributed by atoms with Crippen LogP contribution in [0.4, 0.5) is 0 Å². The van der Waals surface area contributed by atoms with E-state index < -0.39 is 23.9 Å². The first-order valence-corrected chi connectivity index (χ1v) is 9.97. The van der Waals surface area contributed by atoms with Crippen LogP contribution in [-0.2, 0) is 9.59 Å². The van der Waals surface area contributed by atoms with E-state index in [1.807, 2.05) is 0 Å². The Bertz CT molecular complexity index is 743. The zero-order valence-corrected chi connectivity index (χ0v) is 16.1. The summed E-state index contributed by atoms with van der Waals surface area (Å²) in [4.78, 5) is 25.4. The van der Waals surface area contributed by atoms with Crippen molar-refractivity contribution < 1.29 is 19.8 Å². The summed E-state index contributed by atoms with van der Waals surface area (Å²) in [5.41, 5.74) is 1.29. The Morgan fingerprint density at radius 2 is 1.92 bits per heavy atom. The Kier molecular flexibility index (Phi) is 3.92. The van der Waals surface area contributed by atoms with Gasteiger partial charge in [0.05, 0.1) is 12.5 Å². The van der Waals surface area contributed by atoms with E-state index in [0.29, 0.717) is 12.3 Å². The first kappa shape index (κ1) is 18.1. The maximum absolute atomic E-state index is 12.7. The average molecular weight is 358 g/mol. The van der Waals surface area contributed by atoms with E-state index in [9.17, 15) is 19.8 Å². The van der Waals surface area contributed by atoms with Crippen molar-refractivity contribution >= 4 is 11.6 Å². The number of ketones is 2. The van der Waals surface area contributed by atoms with Crippen LogP contribution in [0.1, 0.15) is 65.7 Å². The van der Waals surface area contributed by atoms with Gasteiger partial charge >= 0.3 is 0 Å². The molecule has 26 heavy (non-hydrogen) atoms. The minimum absolute atomic E-state index is 0.0523. The van der Waals surface area contributed by atoms with Crippen LogP contribution >= 0.6 is 0 Å². The summed E-state index contributed by atoms with van der Waals surface area (Å²) < 4.78 is 0. The lowest BCUT2D eigenvalue weighted by atomic mass is 9.47. The molecule has 4 rings (SSSR count). The van der Waals surface area contributed by atoms with Gasteiger partial charge in [-0.3, -0.25) is 9.59 Å². The first-order valence-electron chi connectivity index (χ1n) is 9.97. The number of aliphatic hydroxyl groups is 2. The lowest BCUT2D eigenvalue weighted by Crippen LogP contribution is -2.57. The zero-order valence-electron chi connectivity index (χ0n) is 16.1. The number of carbonyl (C=O) groups excluding carboxylic acids is 2. The van der Waals surface area contributed by atoms with Gasteiger partial charge in [-0.1, -0.05) is 38.3 Å². The molecule has 0 spiro atoms. The molecule has 4 aliphatic carbocycles. The molecule has 4 atom stereocenters. The largest absolute Gasteiger partial charge is 0.392 e. The first-order chi connectivity index (χ1) is 12.1. The minimum atomic E-state index is -1.66. The van der Waals surface area contributed by atoms with Crippen molar-refractivity contribution in [3.05, 3.63) is 22.8 Å². The van der Waals surface area contributed by atoms with Gasteiger partial charge in [-0.25, -0.2) is 0 Å². The highest BCUT2D eigenvalue weighted by Crippen LogP contribution is 2.63. The van der Waals surface area contributed by atoms with Crippen molar-refractivity contribution in [2.45, 2.75) is 71.3 Å². The van der Waals surface area contributed by atoms with Gasteiger partial charge in [0.25, 0.3) is 0 Å². The van der Waals surface area contributed by atoms with Crippen LogP contribution < -0.4 is 0 Å². The van der Waals surface area contributed by atoms with Crippen molar-refractivity contribution in [1.29, 1.82) is 0 Å². The highest BCUT2D eigenvalue weighted by molar-refractivity contribution is 6.14. The third-order valence-corrected chi connectivity index (χ3v) is 8.06. The molecule has 4 nitrogen and oxygen atoms in total. The molecule has 0 bridgehead atoms. The lowest BCUT2D eigenvalue weighted by molar-refractivity contribution is -0.150. The van der Waals surface area contributed by atoms with Crippen LogP contribution in [0, 0.1) is 22.7 Å². The number of rotatable bonds is 1. The molecule has 1 saturated carbocycles. The Morgan fingerprint density at radius 3 is 2.62 bits per heavy atom. The summed E-state index contributed by atoms with van der Waals surface area (Å²) in [6.07, 6.45) is 7.58. The van der Waals surface area contributed by atoms with Crippen molar-refractivity contribution in [3.8, 4) is 0 Å². The average Bonchev–Trinajstić information content (AvgIpc) is 2.56. The third kappa shape index (κ3) is 2.27. The normalized spacial score (nSPS) is 42.0. The zero-order chi connectivity index (χ0) is 18.9. The standard InChI is InChI=1S/C22H30O4/c1-20(2)7-4-8-21(3)15-10-16-17(24)9-14(12-23)19(25)22(16,26)11-13(15)5-6-18(20)21/h9,16,18,23,26H,4-8,10-12H2,1-3H3. The highest BCUT2D eigenvalue weighted by atomic mass is 16.3. The summed E-state index contributed by atoms with van der Waals surface area (Å²) >= 11 is 0. The molecule has 4 unspecified atom stereocenters. The van der Waals surface area contributed by atoms with E-state index in [1.54, 1.807) is 0 Å². The summed E-state index contributed by atoms with van der Waals surface area (Å²) in [5.74, 6) is -0.757. The van der Waals surface area contributed by atoms with Gasteiger partial charge in [-0.05, 0) is 54.9 Å². The topological polar surface area (TPSA) is 74.6 Å². The second-order valence-corrected chi connectivity index (χ2v) is 9.85. The summed E-state index contributed by atoms with van der Waals surface area (Å²) in [6.45, 7) is 6.59. The van der Waals surface area contributed by atoms with Crippen molar-refractivity contribution in [3.63, 3.8) is 0 Å². The second kappa shape index (κ2) is 5.62. The fourth-order valence-electron chi connectivity index (χ4n) is 6.77. The fraction of sp³-hybridized carbons (Fsp3) is 0.727. The number of hydrogen-bond acceptors (Lipinski definition) is 4. The van der Waals surface area contributed by atoms with Crippen molar-refractivity contribution in [1.82, 2.24) is 0 Å². The smallest absolute Gasteiger partial charge is 0.193 e. The molecule has 4 aliphatic rings. The van der Waals surface area contributed by atoms with E-state index in [1.165, 1.54) is 30.1 Å². The summed E-state index contributed by atoms with van der Waals surface area (Å²) in [5, 5.41) is 20.6. The number of carbonyl (C=O) groups is 2. The van der Waals surface area contributed by atoms with Crippen molar-refractivity contribution in [2.24, 2.45) is 22.7 Å². The Hall–Kier alpha value is -1.26. The molecule has 0 radical (unpaired) electrons. The second-order valence-electron chi connectivity index (χ2n) is 9.85. The maximum Gasteiger partial charge on any atom is 0.193 e. The molecule has 2 N–H and O–H groups in total. The number of hydrogen-bond donors (Lipinski definition) is 2. The fourth-order valence-corrected chi connectivity index (χ4v) is 6.77. The minimum Gasteiger partial charge on any atom is -0.392 e. The number of fused-ring (bicyclic) bond motifs is 3. The van der Waals surface area contributed by atoms with Gasteiger partial charge in [0, 0.05) is 12.0 Å². The van der Waals surface area contributed by atoms with Crippen LogP contribution in [0.2, 0.25) is 0 Å². The van der Waals surface area contributed by atoms with E-state index in [4.69, 9.17) is 0 Å². The van der Waals surface area contributed by atoms with Gasteiger partial charge in [-0.15, -0.1) is 0 Å². The predicted molar refractivity (Wildman–Crippen MR) is 98.3 cm³/mol. The molecular weight excluding hydrogens is 328 g/mol. The van der Waals surface area contributed by atoms with Crippen LogP contribution in [0.3, 0.4) is 0 Å². The molecule has 142 valence electrons. The van der Waals surface area contributed by atoms with E-state index in [2.05, 4.69) is 20.8 Å². The maximum atomic E-state index is 12.7. The van der Waals surface area contributed by atoms with Gasteiger partial charge in [-0.2, -0.15) is 0 Å². The molecular formula is C22H30O4. The molecule has 1 fully saturated rings. The lowest BCUT2D eigenvalue weighted by Gasteiger charge is -2.58. The molecule has 0 heterocycles. The van der Waals surface area contributed by atoms with E-state index >= 15 is 0 Å². The predicted octanol–water partition coefficient (Wildman–Crippen LogP) is 3.12. The van der Waals surface area contributed by atoms with Crippen LogP contribution in [0.25, 0.3) is 0 Å². The number of aliphatic hydroxyl groups excluding tert-OH is 1. The molecule has 0 aliphatic heterocycles. The van der Waals surface area contributed by atoms with E-state index in [-0.39, 0.29) is 28.6 Å². The Balaban J connectivity index is 1.77. The quantitative estimate of drug-likeness (QED) is 0.706. The van der Waals surface area contributed by atoms with Crippen LogP contribution in [0.15, 0.2) is 22.8 Å². The Morgan fingerprint density at radius 1 is 1.19 bits per heavy atom. The Labute approximate surface area is 155 Å². The molecule has 0 saturated heterocycles. The van der Waals surface area contributed by atoms with E-state index in [0.717, 1.165) is 19.3 Å². The van der Waals surface area contributed by atoms with Crippen LogP contribution in [0.5, 0.6) is 0 Å².